The van der Waals surface area contributed by atoms with Crippen molar-refractivity contribution in [2.45, 2.75) is 12.8 Å². The van der Waals surface area contributed by atoms with Gasteiger partial charge in [-0.05, 0) is 48.0 Å². The quantitative estimate of drug-likeness (QED) is 0.382. The number of amidine groups is 1. The number of carbonyl (C=O) groups is 1. The van der Waals surface area contributed by atoms with Gasteiger partial charge in [0.15, 0.2) is 0 Å². The van der Waals surface area contributed by atoms with Gasteiger partial charge in [0.05, 0.1) is 30.7 Å². The Kier molecular flexibility index (Phi) is 7.57. The van der Waals surface area contributed by atoms with Gasteiger partial charge in [-0.1, -0.05) is 54.1 Å². The van der Waals surface area contributed by atoms with E-state index in [-0.39, 0.29) is 5.91 Å². The summed E-state index contributed by atoms with van der Waals surface area (Å²) in [7, 11) is 0. The maximum Gasteiger partial charge on any atom is 0.282 e. The lowest BCUT2D eigenvalue weighted by Gasteiger charge is -2.22. The average Bonchev–Trinajstić information content (AvgIpc) is 3.21. The Balaban J connectivity index is 1.65. The molecule has 6 nitrogen and oxygen atoms in total. The third kappa shape index (κ3) is 5.58. The van der Waals surface area contributed by atoms with Crippen molar-refractivity contribution in [3.05, 3.63) is 101 Å². The lowest BCUT2D eigenvalue weighted by atomic mass is 10.1. The van der Waals surface area contributed by atoms with Crippen LogP contribution in [0.3, 0.4) is 0 Å². The summed E-state index contributed by atoms with van der Waals surface area (Å²) in [6, 6.07) is 28.6. The molecule has 0 saturated carbocycles. The summed E-state index contributed by atoms with van der Waals surface area (Å²) in [6.45, 7) is 1.11. The molecule has 0 N–H and O–H groups in total. The lowest BCUT2D eigenvalue weighted by Crippen LogP contribution is -2.32. The summed E-state index contributed by atoms with van der Waals surface area (Å²) in [5.74, 6) is 0.333. The fourth-order valence-electron chi connectivity index (χ4n) is 3.81. The molecular formula is C28H22ClN5O. The van der Waals surface area contributed by atoms with Crippen LogP contribution in [-0.4, -0.2) is 24.8 Å². The van der Waals surface area contributed by atoms with Gasteiger partial charge in [-0.25, -0.2) is 4.99 Å². The summed E-state index contributed by atoms with van der Waals surface area (Å²) in [5.41, 5.74) is 3.60. The highest BCUT2D eigenvalue weighted by Gasteiger charge is 2.32. The Bertz CT molecular complexity index is 1320. The molecule has 0 fully saturated rings. The number of amides is 1. The molecule has 3 aromatic carbocycles. The van der Waals surface area contributed by atoms with Gasteiger partial charge < -0.3 is 4.90 Å². The van der Waals surface area contributed by atoms with Gasteiger partial charge in [-0.3, -0.25) is 9.69 Å². The minimum Gasteiger partial charge on any atom is -0.369 e. The van der Waals surface area contributed by atoms with Crippen LogP contribution in [0.15, 0.2) is 89.6 Å². The highest BCUT2D eigenvalue weighted by molar-refractivity contribution is 6.33. The molecule has 0 atom stereocenters. The molecular weight excluding hydrogens is 458 g/mol. The highest BCUT2D eigenvalue weighted by atomic mass is 35.5. The van der Waals surface area contributed by atoms with Gasteiger partial charge >= 0.3 is 0 Å². The first-order valence-corrected chi connectivity index (χ1v) is 11.5. The molecule has 0 radical (unpaired) electrons. The molecule has 35 heavy (non-hydrogen) atoms. The largest absolute Gasteiger partial charge is 0.369 e. The van der Waals surface area contributed by atoms with Gasteiger partial charge in [-0.2, -0.15) is 10.5 Å². The Morgan fingerprint density at radius 3 is 2.11 bits per heavy atom. The fraction of sp³-hybridized carbons (Fsp3) is 0.143. The van der Waals surface area contributed by atoms with Crippen LogP contribution in [-0.2, 0) is 4.79 Å². The maximum atomic E-state index is 13.4. The van der Waals surface area contributed by atoms with Crippen LogP contribution in [0.5, 0.6) is 0 Å². The van der Waals surface area contributed by atoms with Crippen molar-refractivity contribution in [2.75, 3.05) is 22.9 Å². The molecule has 0 aliphatic carbocycles. The Morgan fingerprint density at radius 2 is 1.51 bits per heavy atom. The van der Waals surface area contributed by atoms with Crippen LogP contribution in [0, 0.1) is 22.7 Å². The monoisotopic (exact) mass is 479 g/mol. The standard InChI is InChI=1S/C28H22ClN5O/c29-23-10-14-25(15-11-23)34-27(22-6-2-1-3-7-22)32-26(28(34)35)20-21-8-12-24(13-9-21)33(18-4-16-30)19-5-17-31/h1-3,6-15,20H,4-5,18-19H2/b26-20-. The van der Waals surface area contributed by atoms with Crippen LogP contribution in [0.2, 0.25) is 5.02 Å². The number of hydrogen-bond donors (Lipinski definition) is 0. The topological polar surface area (TPSA) is 83.5 Å². The molecule has 1 aliphatic rings. The number of aliphatic imine (C=N–C) groups is 1. The van der Waals surface area contributed by atoms with Gasteiger partial charge in [0.25, 0.3) is 5.91 Å². The van der Waals surface area contributed by atoms with Crippen LogP contribution in [0.4, 0.5) is 11.4 Å². The molecule has 7 heteroatoms. The van der Waals surface area contributed by atoms with E-state index in [1.807, 2.05) is 59.5 Å². The molecule has 172 valence electrons. The van der Waals surface area contributed by atoms with E-state index in [2.05, 4.69) is 12.1 Å². The summed E-state index contributed by atoms with van der Waals surface area (Å²) in [6.07, 6.45) is 2.52. The van der Waals surface area contributed by atoms with Gasteiger partial charge in [0, 0.05) is 29.4 Å². The average molecular weight is 480 g/mol. The number of nitriles is 2. The molecule has 4 rings (SSSR count). The van der Waals surface area contributed by atoms with Crippen LogP contribution >= 0.6 is 11.6 Å². The highest BCUT2D eigenvalue weighted by Crippen LogP contribution is 2.29. The normalized spacial score (nSPS) is 13.9. The number of halogens is 1. The first-order valence-electron chi connectivity index (χ1n) is 11.2. The number of benzene rings is 3. The molecule has 0 saturated heterocycles. The third-order valence-electron chi connectivity index (χ3n) is 5.53. The fourth-order valence-corrected chi connectivity index (χ4v) is 3.93. The molecule has 1 heterocycles. The zero-order valence-corrected chi connectivity index (χ0v) is 19.7. The maximum absolute atomic E-state index is 13.4. The van der Waals surface area contributed by atoms with Crippen molar-refractivity contribution in [1.82, 2.24) is 0 Å². The van der Waals surface area contributed by atoms with Crippen LogP contribution in [0.1, 0.15) is 24.0 Å². The van der Waals surface area contributed by atoms with Crippen molar-refractivity contribution in [1.29, 1.82) is 10.5 Å². The van der Waals surface area contributed by atoms with E-state index in [9.17, 15) is 4.79 Å². The van der Waals surface area contributed by atoms with Crippen molar-refractivity contribution in [2.24, 2.45) is 4.99 Å². The number of rotatable bonds is 8. The second-order valence-electron chi connectivity index (χ2n) is 7.84. The molecule has 1 amide bonds. The number of hydrogen-bond acceptors (Lipinski definition) is 5. The lowest BCUT2D eigenvalue weighted by molar-refractivity contribution is -0.113. The number of anilines is 2. The summed E-state index contributed by atoms with van der Waals surface area (Å²) < 4.78 is 0. The molecule has 0 aromatic heterocycles. The van der Waals surface area contributed by atoms with Crippen molar-refractivity contribution < 1.29 is 4.79 Å². The Labute approximate surface area is 209 Å². The van der Waals surface area contributed by atoms with Crippen LogP contribution < -0.4 is 9.80 Å². The van der Waals surface area contributed by atoms with Gasteiger partial charge in [-0.15, -0.1) is 0 Å². The first-order chi connectivity index (χ1) is 17.1. The minimum atomic E-state index is -0.222. The van der Waals surface area contributed by atoms with E-state index in [0.29, 0.717) is 48.2 Å². The van der Waals surface area contributed by atoms with Crippen LogP contribution in [0.25, 0.3) is 6.08 Å². The molecule has 0 spiro atoms. The van der Waals surface area contributed by atoms with E-state index < -0.39 is 0 Å². The van der Waals surface area contributed by atoms with E-state index >= 15 is 0 Å². The van der Waals surface area contributed by atoms with E-state index in [0.717, 1.165) is 16.8 Å². The van der Waals surface area contributed by atoms with Gasteiger partial charge in [0.2, 0.25) is 0 Å². The van der Waals surface area contributed by atoms with Gasteiger partial charge in [0.1, 0.15) is 11.5 Å². The third-order valence-corrected chi connectivity index (χ3v) is 5.78. The number of nitrogens with zero attached hydrogens (tertiary/aromatic N) is 5. The smallest absolute Gasteiger partial charge is 0.282 e. The zero-order chi connectivity index (χ0) is 24.6. The van der Waals surface area contributed by atoms with Crippen molar-refractivity contribution >= 4 is 40.8 Å². The summed E-state index contributed by atoms with van der Waals surface area (Å²) in [4.78, 5) is 21.7. The molecule has 3 aromatic rings. The van der Waals surface area contributed by atoms with Crippen molar-refractivity contribution in [3.8, 4) is 12.1 Å². The molecule has 0 bridgehead atoms. The van der Waals surface area contributed by atoms with E-state index in [1.165, 1.54) is 0 Å². The summed E-state index contributed by atoms with van der Waals surface area (Å²) in [5, 5.41) is 18.5. The molecule has 0 unspecified atom stereocenters. The van der Waals surface area contributed by atoms with E-state index in [4.69, 9.17) is 27.1 Å². The summed E-state index contributed by atoms with van der Waals surface area (Å²) >= 11 is 6.05. The van der Waals surface area contributed by atoms with Crippen molar-refractivity contribution in [3.63, 3.8) is 0 Å². The first kappa shape index (κ1) is 23.8. The predicted octanol–water partition coefficient (Wildman–Crippen LogP) is 5.81. The minimum absolute atomic E-state index is 0.222. The SMILES string of the molecule is N#CCCN(CCC#N)c1ccc(/C=C2\N=C(c3ccccc3)N(c3ccc(Cl)cc3)C2=O)cc1. The Hall–Kier alpha value is -4.39. The predicted molar refractivity (Wildman–Crippen MR) is 139 cm³/mol. The second-order valence-corrected chi connectivity index (χ2v) is 8.28. The van der Waals surface area contributed by atoms with E-state index in [1.54, 1.807) is 35.2 Å². The number of carbonyl (C=O) groups excluding carboxylic acids is 1. The second kappa shape index (κ2) is 11.2. The zero-order valence-electron chi connectivity index (χ0n) is 18.9. The molecule has 1 aliphatic heterocycles. The Morgan fingerprint density at radius 1 is 0.886 bits per heavy atom.